The summed E-state index contributed by atoms with van der Waals surface area (Å²) in [4.78, 5) is 17.1. The summed E-state index contributed by atoms with van der Waals surface area (Å²) in [6.45, 7) is 1.75. The van der Waals surface area contributed by atoms with Crippen molar-refractivity contribution in [1.82, 2.24) is 9.78 Å². The Hall–Kier alpha value is -3.53. The molecular formula is C23H18Cl2N4O4S. The zero-order valence-corrected chi connectivity index (χ0v) is 20.0. The van der Waals surface area contributed by atoms with Gasteiger partial charge >= 0.3 is 0 Å². The SMILES string of the molecule is Cc1[nH]n(-c2cccc(Cl)c2)c(=O)c1C=Nc1ccc(S(=O)(=O)Nc2cc(Cl)ccc2O)cc1. The van der Waals surface area contributed by atoms with Crippen molar-refractivity contribution in [3.05, 3.63) is 98.4 Å². The minimum atomic E-state index is -3.97. The van der Waals surface area contributed by atoms with Crippen LogP contribution >= 0.6 is 23.2 Å². The molecule has 8 nitrogen and oxygen atoms in total. The van der Waals surface area contributed by atoms with Gasteiger partial charge in [-0.2, -0.15) is 0 Å². The highest BCUT2D eigenvalue weighted by Gasteiger charge is 2.16. The highest BCUT2D eigenvalue weighted by atomic mass is 35.5. The van der Waals surface area contributed by atoms with Crippen LogP contribution < -0.4 is 10.3 Å². The van der Waals surface area contributed by atoms with Crippen LogP contribution in [0.25, 0.3) is 5.69 Å². The van der Waals surface area contributed by atoms with Crippen LogP contribution in [0.4, 0.5) is 11.4 Å². The third-order valence-electron chi connectivity index (χ3n) is 4.88. The van der Waals surface area contributed by atoms with E-state index in [-0.39, 0.29) is 26.9 Å². The Morgan fingerprint density at radius 3 is 2.44 bits per heavy atom. The van der Waals surface area contributed by atoms with E-state index in [2.05, 4.69) is 14.8 Å². The highest BCUT2D eigenvalue weighted by Crippen LogP contribution is 2.29. The summed E-state index contributed by atoms with van der Waals surface area (Å²) in [5, 5.41) is 13.6. The molecule has 3 aromatic carbocycles. The van der Waals surface area contributed by atoms with Gasteiger partial charge in [-0.1, -0.05) is 29.3 Å². The predicted molar refractivity (Wildman–Crippen MR) is 134 cm³/mol. The second-order valence-electron chi connectivity index (χ2n) is 7.29. The smallest absolute Gasteiger partial charge is 0.280 e. The molecule has 34 heavy (non-hydrogen) atoms. The lowest BCUT2D eigenvalue weighted by Gasteiger charge is -2.10. The molecule has 1 heterocycles. The third-order valence-corrected chi connectivity index (χ3v) is 6.73. The third kappa shape index (κ3) is 5.01. The standard InChI is InChI=1S/C23H18Cl2N4O4S/c1-14-20(23(31)29(27-14)18-4-2-3-15(24)11-18)13-26-17-6-8-19(9-7-17)34(32,33)28-21-12-16(25)5-10-22(21)30/h2-13,27-28,30H,1H3. The average Bonchev–Trinajstić information content (AvgIpc) is 3.08. The number of aromatic amines is 1. The molecule has 0 aliphatic rings. The molecule has 0 atom stereocenters. The molecule has 4 rings (SSSR count). The lowest BCUT2D eigenvalue weighted by Crippen LogP contribution is -2.17. The highest BCUT2D eigenvalue weighted by molar-refractivity contribution is 7.92. The number of aromatic hydroxyl groups is 1. The Labute approximate surface area is 205 Å². The molecule has 0 aliphatic carbocycles. The number of phenolic OH excluding ortho intramolecular Hbond substituents is 1. The topological polar surface area (TPSA) is 117 Å². The fraction of sp³-hybridized carbons (Fsp3) is 0.0435. The fourth-order valence-electron chi connectivity index (χ4n) is 3.15. The molecule has 4 aromatic rings. The van der Waals surface area contributed by atoms with E-state index in [9.17, 15) is 18.3 Å². The Balaban J connectivity index is 1.56. The Kier molecular flexibility index (Phi) is 6.52. The number of hydrogen-bond donors (Lipinski definition) is 3. The molecule has 0 saturated heterocycles. The number of aromatic nitrogens is 2. The maximum atomic E-state index is 12.8. The lowest BCUT2D eigenvalue weighted by atomic mass is 10.2. The number of aryl methyl sites for hydroxylation is 1. The Bertz CT molecular complexity index is 1560. The number of phenols is 1. The van der Waals surface area contributed by atoms with Gasteiger partial charge in [0, 0.05) is 22.0 Å². The molecule has 0 saturated carbocycles. The summed E-state index contributed by atoms with van der Waals surface area (Å²) < 4.78 is 29.0. The number of rotatable bonds is 6. The Morgan fingerprint density at radius 1 is 1.03 bits per heavy atom. The summed E-state index contributed by atoms with van der Waals surface area (Å²) in [5.41, 5.74) is 1.67. The maximum absolute atomic E-state index is 12.8. The van der Waals surface area contributed by atoms with Crippen molar-refractivity contribution in [2.45, 2.75) is 11.8 Å². The van der Waals surface area contributed by atoms with Crippen LogP contribution in [0.1, 0.15) is 11.3 Å². The van der Waals surface area contributed by atoms with Crippen LogP contribution in [-0.4, -0.2) is 29.5 Å². The van der Waals surface area contributed by atoms with Crippen molar-refractivity contribution in [3.8, 4) is 11.4 Å². The molecule has 3 N–H and O–H groups in total. The van der Waals surface area contributed by atoms with E-state index >= 15 is 0 Å². The van der Waals surface area contributed by atoms with Crippen LogP contribution in [0.15, 0.2) is 81.4 Å². The molecule has 0 radical (unpaired) electrons. The van der Waals surface area contributed by atoms with Gasteiger partial charge in [0.15, 0.2) is 0 Å². The molecule has 174 valence electrons. The zero-order valence-electron chi connectivity index (χ0n) is 17.7. The number of aliphatic imine (C=N–C) groups is 1. The van der Waals surface area contributed by atoms with Gasteiger partial charge in [-0.15, -0.1) is 0 Å². The van der Waals surface area contributed by atoms with Gasteiger partial charge in [0.1, 0.15) is 5.75 Å². The summed E-state index contributed by atoms with van der Waals surface area (Å²) in [7, 11) is -3.97. The number of hydrogen-bond acceptors (Lipinski definition) is 5. The van der Waals surface area contributed by atoms with Crippen molar-refractivity contribution in [2.24, 2.45) is 4.99 Å². The van der Waals surface area contributed by atoms with E-state index in [1.807, 2.05) is 0 Å². The summed E-state index contributed by atoms with van der Waals surface area (Å²) in [5.74, 6) is -0.250. The summed E-state index contributed by atoms with van der Waals surface area (Å²) in [6.07, 6.45) is 1.42. The van der Waals surface area contributed by atoms with Gasteiger partial charge in [-0.3, -0.25) is 19.6 Å². The number of nitrogens with zero attached hydrogens (tertiary/aromatic N) is 2. The number of sulfonamides is 1. The lowest BCUT2D eigenvalue weighted by molar-refractivity contribution is 0.477. The molecular weight excluding hydrogens is 499 g/mol. The van der Waals surface area contributed by atoms with E-state index in [1.54, 1.807) is 31.2 Å². The van der Waals surface area contributed by atoms with E-state index in [4.69, 9.17) is 23.2 Å². The van der Waals surface area contributed by atoms with Crippen molar-refractivity contribution >= 4 is 50.8 Å². The minimum absolute atomic E-state index is 0.0338. The van der Waals surface area contributed by atoms with E-state index in [0.717, 1.165) is 0 Å². The number of H-pyrrole nitrogens is 1. The molecule has 0 amide bonds. The van der Waals surface area contributed by atoms with Gasteiger partial charge < -0.3 is 5.11 Å². The first-order chi connectivity index (χ1) is 16.1. The largest absolute Gasteiger partial charge is 0.506 e. The van der Waals surface area contributed by atoms with Crippen LogP contribution in [0.5, 0.6) is 5.75 Å². The van der Waals surface area contributed by atoms with Crippen LogP contribution in [0.2, 0.25) is 10.0 Å². The molecule has 1 aromatic heterocycles. The van der Waals surface area contributed by atoms with Crippen LogP contribution in [0, 0.1) is 6.92 Å². The van der Waals surface area contributed by atoms with Gasteiger partial charge in [0.25, 0.3) is 15.6 Å². The van der Waals surface area contributed by atoms with Crippen molar-refractivity contribution in [2.75, 3.05) is 4.72 Å². The van der Waals surface area contributed by atoms with Gasteiger partial charge in [0.05, 0.1) is 27.5 Å². The first-order valence-corrected chi connectivity index (χ1v) is 12.1. The summed E-state index contributed by atoms with van der Waals surface area (Å²) >= 11 is 11.9. The quantitative estimate of drug-likeness (QED) is 0.246. The van der Waals surface area contributed by atoms with Crippen LogP contribution in [-0.2, 0) is 10.0 Å². The van der Waals surface area contributed by atoms with Gasteiger partial charge in [0.2, 0.25) is 0 Å². The second-order valence-corrected chi connectivity index (χ2v) is 9.85. The average molecular weight is 517 g/mol. The molecule has 0 spiro atoms. The van der Waals surface area contributed by atoms with E-state index in [0.29, 0.717) is 27.7 Å². The predicted octanol–water partition coefficient (Wildman–Crippen LogP) is 5.04. The first kappa shape index (κ1) is 23.6. The van der Waals surface area contributed by atoms with Crippen LogP contribution in [0.3, 0.4) is 0 Å². The van der Waals surface area contributed by atoms with E-state index < -0.39 is 10.0 Å². The van der Waals surface area contributed by atoms with Crippen molar-refractivity contribution < 1.29 is 13.5 Å². The van der Waals surface area contributed by atoms with Gasteiger partial charge in [-0.25, -0.2) is 13.1 Å². The van der Waals surface area contributed by atoms with Crippen molar-refractivity contribution in [1.29, 1.82) is 0 Å². The molecule has 0 bridgehead atoms. The van der Waals surface area contributed by atoms with Crippen molar-refractivity contribution in [3.63, 3.8) is 0 Å². The number of benzene rings is 3. The molecule has 0 unspecified atom stereocenters. The first-order valence-electron chi connectivity index (χ1n) is 9.87. The van der Waals surface area contributed by atoms with E-state index in [1.165, 1.54) is 53.4 Å². The second kappa shape index (κ2) is 9.38. The zero-order chi connectivity index (χ0) is 24.5. The molecule has 11 heteroatoms. The number of halogens is 2. The molecule has 0 aliphatic heterocycles. The maximum Gasteiger partial charge on any atom is 0.280 e. The minimum Gasteiger partial charge on any atom is -0.506 e. The molecule has 0 fully saturated rings. The normalized spacial score (nSPS) is 11.7. The monoisotopic (exact) mass is 516 g/mol. The summed E-state index contributed by atoms with van der Waals surface area (Å²) in [6, 6.07) is 16.6. The number of nitrogens with one attached hydrogen (secondary N) is 2. The Morgan fingerprint density at radius 2 is 1.74 bits per heavy atom. The van der Waals surface area contributed by atoms with Gasteiger partial charge in [-0.05, 0) is 67.6 Å². The number of anilines is 1. The fourth-order valence-corrected chi connectivity index (χ4v) is 4.57.